The monoisotopic (exact) mass is 310 g/mol. The average molecular weight is 311 g/mol. The van der Waals surface area contributed by atoms with Crippen LogP contribution in [-0.2, 0) is 6.54 Å². The molecule has 1 aromatic heterocycles. The summed E-state index contributed by atoms with van der Waals surface area (Å²) in [5.41, 5.74) is 6.31. The summed E-state index contributed by atoms with van der Waals surface area (Å²) < 4.78 is 1.59. The van der Waals surface area contributed by atoms with E-state index in [-0.39, 0.29) is 5.56 Å². The lowest BCUT2D eigenvalue weighted by Gasteiger charge is -2.37. The van der Waals surface area contributed by atoms with Gasteiger partial charge in [0.05, 0.1) is 11.2 Å². The van der Waals surface area contributed by atoms with Gasteiger partial charge in [-0.25, -0.2) is 4.68 Å². The fraction of sp³-hybridized carbons (Fsp3) is 0.733. The van der Waals surface area contributed by atoms with E-state index in [2.05, 4.69) is 10.00 Å². The fourth-order valence-corrected chi connectivity index (χ4v) is 3.41. The zero-order valence-electron chi connectivity index (χ0n) is 12.3. The molecule has 1 aliphatic carbocycles. The predicted molar refractivity (Wildman–Crippen MR) is 84.9 cm³/mol. The van der Waals surface area contributed by atoms with Crippen LogP contribution < -0.4 is 16.2 Å². The summed E-state index contributed by atoms with van der Waals surface area (Å²) in [4.78, 5) is 14.9. The summed E-state index contributed by atoms with van der Waals surface area (Å²) in [6.07, 6.45) is 8.30. The van der Waals surface area contributed by atoms with Crippen molar-refractivity contribution >= 4 is 17.3 Å². The largest absolute Gasteiger partial charge is 0.363 e. The van der Waals surface area contributed by atoms with Crippen LogP contribution in [0.5, 0.6) is 0 Å². The summed E-state index contributed by atoms with van der Waals surface area (Å²) in [5, 5.41) is 4.67. The van der Waals surface area contributed by atoms with Gasteiger partial charge in [0.25, 0.3) is 5.56 Å². The number of aromatic nitrogens is 2. The molecule has 0 spiro atoms. The quantitative estimate of drug-likeness (QED) is 0.903. The van der Waals surface area contributed by atoms with Crippen LogP contribution >= 0.6 is 11.6 Å². The Balaban J connectivity index is 1.92. The van der Waals surface area contributed by atoms with E-state index in [1.165, 1.54) is 19.3 Å². The van der Waals surface area contributed by atoms with Gasteiger partial charge in [-0.2, -0.15) is 5.10 Å². The van der Waals surface area contributed by atoms with E-state index >= 15 is 0 Å². The normalized spacial score (nSPS) is 22.6. The summed E-state index contributed by atoms with van der Waals surface area (Å²) in [7, 11) is 0. The van der Waals surface area contributed by atoms with Gasteiger partial charge in [0.15, 0.2) is 0 Å². The summed E-state index contributed by atoms with van der Waals surface area (Å²) >= 11 is 6.30. The third kappa shape index (κ3) is 3.24. The fourth-order valence-electron chi connectivity index (χ4n) is 3.18. The van der Waals surface area contributed by atoms with Gasteiger partial charge in [0, 0.05) is 19.1 Å². The van der Waals surface area contributed by atoms with Crippen molar-refractivity contribution in [3.8, 4) is 0 Å². The van der Waals surface area contributed by atoms with Gasteiger partial charge < -0.3 is 10.6 Å². The van der Waals surface area contributed by atoms with Gasteiger partial charge in [-0.1, -0.05) is 11.6 Å². The van der Waals surface area contributed by atoms with Crippen LogP contribution in [0.3, 0.4) is 0 Å². The molecule has 0 aromatic carbocycles. The highest BCUT2D eigenvalue weighted by molar-refractivity contribution is 6.33. The number of rotatable bonds is 5. The maximum absolute atomic E-state index is 12.7. The summed E-state index contributed by atoms with van der Waals surface area (Å²) in [6, 6.07) is 0.325. The Morgan fingerprint density at radius 3 is 2.86 bits per heavy atom. The van der Waals surface area contributed by atoms with E-state index in [1.54, 1.807) is 10.9 Å². The molecule has 6 heteroatoms. The van der Waals surface area contributed by atoms with Gasteiger partial charge in [-0.05, 0) is 51.0 Å². The topological polar surface area (TPSA) is 64.2 Å². The second kappa shape index (κ2) is 6.36. The van der Waals surface area contributed by atoms with Crippen LogP contribution in [0.15, 0.2) is 11.0 Å². The molecule has 2 heterocycles. The van der Waals surface area contributed by atoms with Crippen molar-refractivity contribution in [3.63, 3.8) is 0 Å². The lowest BCUT2D eigenvalue weighted by atomic mass is 9.99. The number of nitrogens with two attached hydrogens (primary N) is 1. The molecule has 0 amide bonds. The molecule has 1 aromatic rings. The molecule has 1 unspecified atom stereocenters. The second-order valence-corrected chi connectivity index (χ2v) is 6.60. The van der Waals surface area contributed by atoms with Crippen LogP contribution in [0.25, 0.3) is 0 Å². The minimum absolute atomic E-state index is 0.0432. The molecule has 1 aliphatic heterocycles. The standard InChI is InChI=1S/C15H23ClN4O/c16-13-9-18-20(10-11-4-5-11)15(21)14(13)19-8-2-1-3-12(19)6-7-17/h9,11-12H,1-8,10,17H2. The van der Waals surface area contributed by atoms with E-state index < -0.39 is 0 Å². The van der Waals surface area contributed by atoms with Gasteiger partial charge in [0.1, 0.15) is 5.69 Å². The summed E-state index contributed by atoms with van der Waals surface area (Å²) in [6.45, 7) is 2.24. The molecule has 2 fully saturated rings. The molecule has 21 heavy (non-hydrogen) atoms. The van der Waals surface area contributed by atoms with Crippen LogP contribution in [0, 0.1) is 5.92 Å². The zero-order valence-corrected chi connectivity index (χ0v) is 13.1. The second-order valence-electron chi connectivity index (χ2n) is 6.19. The molecule has 1 saturated carbocycles. The van der Waals surface area contributed by atoms with Crippen molar-refractivity contribution in [1.82, 2.24) is 9.78 Å². The molecule has 0 bridgehead atoms. The first kappa shape index (κ1) is 14.9. The van der Waals surface area contributed by atoms with E-state index in [1.807, 2.05) is 0 Å². The maximum atomic E-state index is 12.7. The van der Waals surface area contributed by atoms with Crippen LogP contribution in [0.2, 0.25) is 5.02 Å². The Morgan fingerprint density at radius 1 is 1.33 bits per heavy atom. The predicted octanol–water partition coefficient (Wildman–Crippen LogP) is 2.01. The Hall–Kier alpha value is -1.07. The first-order chi connectivity index (χ1) is 10.2. The smallest absolute Gasteiger partial charge is 0.291 e. The molecule has 116 valence electrons. The molecule has 5 nitrogen and oxygen atoms in total. The highest BCUT2D eigenvalue weighted by Gasteiger charge is 2.28. The average Bonchev–Trinajstić information content (AvgIpc) is 3.28. The minimum atomic E-state index is -0.0432. The first-order valence-electron chi connectivity index (χ1n) is 7.93. The number of nitrogens with zero attached hydrogens (tertiary/aromatic N) is 3. The Morgan fingerprint density at radius 2 is 2.14 bits per heavy atom. The highest BCUT2D eigenvalue weighted by Crippen LogP contribution is 2.31. The number of hydrogen-bond donors (Lipinski definition) is 1. The van der Waals surface area contributed by atoms with E-state index in [4.69, 9.17) is 17.3 Å². The Labute approximate surface area is 130 Å². The van der Waals surface area contributed by atoms with Crippen molar-refractivity contribution in [1.29, 1.82) is 0 Å². The molecule has 2 N–H and O–H groups in total. The first-order valence-corrected chi connectivity index (χ1v) is 8.31. The van der Waals surface area contributed by atoms with Gasteiger partial charge in [-0.15, -0.1) is 0 Å². The molecular formula is C15H23ClN4O. The number of anilines is 1. The minimum Gasteiger partial charge on any atom is -0.363 e. The molecule has 0 radical (unpaired) electrons. The van der Waals surface area contributed by atoms with E-state index in [0.29, 0.717) is 29.2 Å². The number of halogens is 1. The van der Waals surface area contributed by atoms with Crippen molar-refractivity contribution in [2.75, 3.05) is 18.0 Å². The highest BCUT2D eigenvalue weighted by atomic mass is 35.5. The van der Waals surface area contributed by atoms with Crippen molar-refractivity contribution < 1.29 is 0 Å². The maximum Gasteiger partial charge on any atom is 0.291 e. The van der Waals surface area contributed by atoms with Crippen LogP contribution in [0.4, 0.5) is 5.69 Å². The van der Waals surface area contributed by atoms with Gasteiger partial charge in [0.2, 0.25) is 0 Å². The zero-order chi connectivity index (χ0) is 14.8. The van der Waals surface area contributed by atoms with E-state index in [9.17, 15) is 4.79 Å². The number of piperidine rings is 1. The van der Waals surface area contributed by atoms with Crippen molar-refractivity contribution in [2.45, 2.75) is 51.1 Å². The number of hydrogen-bond acceptors (Lipinski definition) is 4. The van der Waals surface area contributed by atoms with Crippen LogP contribution in [0.1, 0.15) is 38.5 Å². The molecule has 1 saturated heterocycles. The summed E-state index contributed by atoms with van der Waals surface area (Å²) in [5.74, 6) is 0.616. The van der Waals surface area contributed by atoms with Gasteiger partial charge in [-0.3, -0.25) is 4.79 Å². The third-order valence-corrected chi connectivity index (χ3v) is 4.79. The third-order valence-electron chi connectivity index (χ3n) is 4.52. The SMILES string of the molecule is NCCC1CCCCN1c1c(Cl)cnn(CC2CC2)c1=O. The molecule has 1 atom stereocenters. The van der Waals surface area contributed by atoms with E-state index in [0.717, 1.165) is 32.4 Å². The van der Waals surface area contributed by atoms with Gasteiger partial charge >= 0.3 is 0 Å². The molecule has 3 rings (SSSR count). The van der Waals surface area contributed by atoms with Crippen molar-refractivity contribution in [2.24, 2.45) is 11.7 Å². The molecular weight excluding hydrogens is 288 g/mol. The van der Waals surface area contributed by atoms with Crippen LogP contribution in [-0.4, -0.2) is 28.9 Å². The molecule has 2 aliphatic rings. The van der Waals surface area contributed by atoms with Crippen molar-refractivity contribution in [3.05, 3.63) is 21.6 Å². The Bertz CT molecular complexity index is 553. The lowest BCUT2D eigenvalue weighted by Crippen LogP contribution is -2.44. The lowest BCUT2D eigenvalue weighted by molar-refractivity contribution is 0.437. The Kier molecular flexibility index (Phi) is 4.50.